The third kappa shape index (κ3) is 3.45. The van der Waals surface area contributed by atoms with Gasteiger partial charge in [-0.25, -0.2) is 9.97 Å². The fraction of sp³-hybridized carbons (Fsp3) is 0.154. The van der Waals surface area contributed by atoms with Gasteiger partial charge in [0.1, 0.15) is 5.75 Å². The molecule has 2 rings (SSSR count). The van der Waals surface area contributed by atoms with Crippen molar-refractivity contribution in [1.82, 2.24) is 9.97 Å². The van der Waals surface area contributed by atoms with E-state index in [2.05, 4.69) is 9.97 Å². The van der Waals surface area contributed by atoms with E-state index >= 15 is 0 Å². The highest BCUT2D eigenvalue weighted by molar-refractivity contribution is 7.98. The van der Waals surface area contributed by atoms with E-state index in [4.69, 9.17) is 11.6 Å². The lowest BCUT2D eigenvalue weighted by Gasteiger charge is -2.04. The van der Waals surface area contributed by atoms with E-state index in [-0.39, 0.29) is 23.5 Å². The molecule has 0 bridgehead atoms. The molecule has 19 heavy (non-hydrogen) atoms. The van der Waals surface area contributed by atoms with Crippen molar-refractivity contribution >= 4 is 29.1 Å². The second-order valence-electron chi connectivity index (χ2n) is 3.80. The van der Waals surface area contributed by atoms with Crippen LogP contribution < -0.4 is 0 Å². The molecule has 0 radical (unpaired) electrons. The van der Waals surface area contributed by atoms with Gasteiger partial charge in [0.25, 0.3) is 0 Å². The lowest BCUT2D eigenvalue weighted by molar-refractivity contribution is 0.0989. The Morgan fingerprint density at radius 3 is 2.89 bits per heavy atom. The van der Waals surface area contributed by atoms with Crippen molar-refractivity contribution in [3.8, 4) is 5.75 Å². The molecule has 1 heterocycles. The summed E-state index contributed by atoms with van der Waals surface area (Å²) >= 11 is 7.14. The van der Waals surface area contributed by atoms with Crippen LogP contribution in [0.1, 0.15) is 16.1 Å². The van der Waals surface area contributed by atoms with Crippen molar-refractivity contribution in [2.24, 2.45) is 0 Å². The monoisotopic (exact) mass is 294 g/mol. The minimum absolute atomic E-state index is 0.114. The van der Waals surface area contributed by atoms with Crippen LogP contribution in [0.4, 0.5) is 0 Å². The zero-order valence-electron chi connectivity index (χ0n) is 10.1. The average Bonchev–Trinajstić information content (AvgIpc) is 2.38. The molecule has 0 fully saturated rings. The Kier molecular flexibility index (Phi) is 4.39. The third-order valence-electron chi connectivity index (χ3n) is 2.48. The van der Waals surface area contributed by atoms with Crippen LogP contribution in [-0.2, 0) is 6.42 Å². The summed E-state index contributed by atoms with van der Waals surface area (Å²) in [6.07, 6.45) is 3.60. The van der Waals surface area contributed by atoms with Crippen LogP contribution in [0.15, 0.2) is 35.6 Å². The molecule has 0 atom stereocenters. The number of hydrogen-bond acceptors (Lipinski definition) is 5. The molecule has 0 spiro atoms. The Morgan fingerprint density at radius 2 is 2.21 bits per heavy atom. The number of benzene rings is 1. The largest absolute Gasteiger partial charge is 0.507 e. The summed E-state index contributed by atoms with van der Waals surface area (Å²) in [6.45, 7) is 0. The molecule has 0 unspecified atom stereocenters. The van der Waals surface area contributed by atoms with Crippen LogP contribution in [0.2, 0.25) is 5.02 Å². The molecule has 98 valence electrons. The molecule has 1 N–H and O–H groups in total. The second kappa shape index (κ2) is 6.04. The Hall–Kier alpha value is -1.59. The maximum absolute atomic E-state index is 12.1. The van der Waals surface area contributed by atoms with Crippen molar-refractivity contribution in [3.05, 3.63) is 46.7 Å². The highest BCUT2D eigenvalue weighted by Gasteiger charge is 2.13. The Balaban J connectivity index is 2.20. The number of hydrogen-bond donors (Lipinski definition) is 1. The summed E-state index contributed by atoms with van der Waals surface area (Å²) < 4.78 is 0. The van der Waals surface area contributed by atoms with Crippen molar-refractivity contribution in [1.29, 1.82) is 0 Å². The number of halogens is 1. The first-order valence-corrected chi connectivity index (χ1v) is 7.08. The number of phenols is 1. The van der Waals surface area contributed by atoms with Crippen molar-refractivity contribution in [3.63, 3.8) is 0 Å². The molecule has 0 amide bonds. The minimum atomic E-state index is -0.208. The van der Waals surface area contributed by atoms with E-state index in [9.17, 15) is 9.90 Å². The van der Waals surface area contributed by atoms with E-state index < -0.39 is 0 Å². The zero-order chi connectivity index (χ0) is 13.8. The van der Waals surface area contributed by atoms with Crippen molar-refractivity contribution in [2.45, 2.75) is 11.6 Å². The Bertz CT molecular complexity index is 619. The normalized spacial score (nSPS) is 10.4. The number of aromatic hydroxyl groups is 1. The number of phenolic OH excluding ortho intramolecular Hbond substituents is 1. The number of carbonyl (C=O) groups excluding carboxylic acids is 1. The maximum Gasteiger partial charge on any atom is 0.187 e. The molecular weight excluding hydrogens is 284 g/mol. The fourth-order valence-electron chi connectivity index (χ4n) is 1.57. The summed E-state index contributed by atoms with van der Waals surface area (Å²) in [5.41, 5.74) is 0.868. The van der Waals surface area contributed by atoms with Crippen LogP contribution >= 0.6 is 23.4 Å². The van der Waals surface area contributed by atoms with Gasteiger partial charge in [0.2, 0.25) is 0 Å². The van der Waals surface area contributed by atoms with Crippen LogP contribution in [0.25, 0.3) is 0 Å². The standard InChI is InChI=1S/C13H11ClN2O2S/c1-19-13-15-5-4-9(16-13)7-12(18)10-3-2-8(14)6-11(10)17/h2-6,17H,7H2,1H3. The highest BCUT2D eigenvalue weighted by atomic mass is 35.5. The number of carbonyl (C=O) groups is 1. The number of thioether (sulfide) groups is 1. The van der Waals surface area contributed by atoms with Gasteiger partial charge < -0.3 is 5.11 Å². The van der Waals surface area contributed by atoms with Gasteiger partial charge in [0.05, 0.1) is 17.7 Å². The number of rotatable bonds is 4. The molecule has 0 aliphatic carbocycles. The van der Waals surface area contributed by atoms with E-state index in [1.807, 2.05) is 6.26 Å². The molecule has 0 saturated carbocycles. The summed E-state index contributed by atoms with van der Waals surface area (Å²) in [7, 11) is 0. The third-order valence-corrected chi connectivity index (χ3v) is 3.27. The van der Waals surface area contributed by atoms with Crippen LogP contribution in [0, 0.1) is 0 Å². The van der Waals surface area contributed by atoms with Gasteiger partial charge in [-0.05, 0) is 30.5 Å². The van der Waals surface area contributed by atoms with Crippen LogP contribution in [0.5, 0.6) is 5.75 Å². The van der Waals surface area contributed by atoms with Crippen molar-refractivity contribution in [2.75, 3.05) is 6.26 Å². The predicted molar refractivity (Wildman–Crippen MR) is 75.0 cm³/mol. The molecule has 0 aliphatic rings. The predicted octanol–water partition coefficient (Wildman–Crippen LogP) is 2.98. The van der Waals surface area contributed by atoms with E-state index in [1.165, 1.54) is 23.9 Å². The zero-order valence-corrected chi connectivity index (χ0v) is 11.7. The summed E-state index contributed by atoms with van der Waals surface area (Å²) in [4.78, 5) is 20.3. The molecule has 0 aliphatic heterocycles. The van der Waals surface area contributed by atoms with Gasteiger partial charge in [-0.3, -0.25) is 4.79 Å². The first kappa shape index (κ1) is 13.8. The van der Waals surface area contributed by atoms with Gasteiger partial charge >= 0.3 is 0 Å². The number of Topliss-reactive ketones (excluding diaryl/α,β-unsaturated/α-hetero) is 1. The maximum atomic E-state index is 12.1. The smallest absolute Gasteiger partial charge is 0.187 e. The molecule has 1 aromatic heterocycles. The highest BCUT2D eigenvalue weighted by Crippen LogP contribution is 2.23. The molecular formula is C13H11ClN2O2S. The Labute approximate surface area is 119 Å². The lowest BCUT2D eigenvalue weighted by Crippen LogP contribution is -2.06. The van der Waals surface area contributed by atoms with E-state index in [0.29, 0.717) is 15.9 Å². The summed E-state index contributed by atoms with van der Waals surface area (Å²) in [5.74, 6) is -0.323. The summed E-state index contributed by atoms with van der Waals surface area (Å²) in [6, 6.07) is 6.12. The molecule has 6 heteroatoms. The SMILES string of the molecule is CSc1nccc(CC(=O)c2ccc(Cl)cc2O)n1. The van der Waals surface area contributed by atoms with E-state index in [1.54, 1.807) is 18.3 Å². The van der Waals surface area contributed by atoms with Crippen molar-refractivity contribution < 1.29 is 9.90 Å². The number of ketones is 1. The van der Waals surface area contributed by atoms with Gasteiger partial charge in [-0.15, -0.1) is 0 Å². The first-order valence-electron chi connectivity index (χ1n) is 5.48. The Morgan fingerprint density at radius 1 is 1.42 bits per heavy atom. The second-order valence-corrected chi connectivity index (χ2v) is 5.01. The van der Waals surface area contributed by atoms with Gasteiger partial charge in [-0.1, -0.05) is 23.4 Å². The topological polar surface area (TPSA) is 63.1 Å². The van der Waals surface area contributed by atoms with E-state index in [0.717, 1.165) is 0 Å². The summed E-state index contributed by atoms with van der Waals surface area (Å²) in [5, 5.41) is 10.7. The molecule has 4 nitrogen and oxygen atoms in total. The quantitative estimate of drug-likeness (QED) is 0.533. The number of aromatic nitrogens is 2. The number of nitrogens with zero attached hydrogens (tertiary/aromatic N) is 2. The molecule has 0 saturated heterocycles. The molecule has 2 aromatic rings. The van der Waals surface area contributed by atoms with Crippen LogP contribution in [-0.4, -0.2) is 27.1 Å². The average molecular weight is 295 g/mol. The van der Waals surface area contributed by atoms with Gasteiger partial charge in [0.15, 0.2) is 10.9 Å². The van der Waals surface area contributed by atoms with Gasteiger partial charge in [0, 0.05) is 11.2 Å². The van der Waals surface area contributed by atoms with Gasteiger partial charge in [-0.2, -0.15) is 0 Å². The van der Waals surface area contributed by atoms with Crippen LogP contribution in [0.3, 0.4) is 0 Å². The first-order chi connectivity index (χ1) is 9.10. The minimum Gasteiger partial charge on any atom is -0.507 e. The fourth-order valence-corrected chi connectivity index (χ4v) is 2.11. The lowest BCUT2D eigenvalue weighted by atomic mass is 10.1. The molecule has 1 aromatic carbocycles.